The zero-order chi connectivity index (χ0) is 13.9. The lowest BCUT2D eigenvalue weighted by Gasteiger charge is -2.09. The van der Waals surface area contributed by atoms with E-state index >= 15 is 0 Å². The van der Waals surface area contributed by atoms with Crippen molar-refractivity contribution < 1.29 is 4.74 Å². The Morgan fingerprint density at radius 2 is 1.85 bits per heavy atom. The SMILES string of the molecule is CNc1ccc(Oc2ccnc3cc(Cl)ccc23)cc1. The van der Waals surface area contributed by atoms with Crippen LogP contribution < -0.4 is 10.1 Å². The van der Waals surface area contributed by atoms with Crippen LogP contribution >= 0.6 is 11.6 Å². The summed E-state index contributed by atoms with van der Waals surface area (Å²) >= 11 is 5.98. The maximum Gasteiger partial charge on any atom is 0.138 e. The highest BCUT2D eigenvalue weighted by atomic mass is 35.5. The van der Waals surface area contributed by atoms with Gasteiger partial charge in [0, 0.05) is 29.3 Å². The molecule has 0 atom stereocenters. The molecular formula is C16H13ClN2O. The third-order valence-corrected chi connectivity index (χ3v) is 3.27. The van der Waals surface area contributed by atoms with Gasteiger partial charge in [-0.3, -0.25) is 4.98 Å². The van der Waals surface area contributed by atoms with E-state index in [1.54, 1.807) is 6.20 Å². The van der Waals surface area contributed by atoms with Gasteiger partial charge in [0.05, 0.1) is 5.52 Å². The average molecular weight is 285 g/mol. The lowest BCUT2D eigenvalue weighted by molar-refractivity contribution is 0.488. The fourth-order valence-corrected chi connectivity index (χ4v) is 2.17. The van der Waals surface area contributed by atoms with Crippen LogP contribution in [0.1, 0.15) is 0 Å². The molecule has 3 rings (SSSR count). The van der Waals surface area contributed by atoms with Crippen molar-refractivity contribution in [2.24, 2.45) is 0 Å². The maximum atomic E-state index is 5.98. The smallest absolute Gasteiger partial charge is 0.138 e. The number of fused-ring (bicyclic) bond motifs is 1. The molecule has 1 aromatic heterocycles. The van der Waals surface area contributed by atoms with E-state index < -0.39 is 0 Å². The van der Waals surface area contributed by atoms with E-state index in [1.165, 1.54) is 0 Å². The van der Waals surface area contributed by atoms with Crippen LogP contribution in [0.15, 0.2) is 54.7 Å². The first-order valence-corrected chi connectivity index (χ1v) is 6.64. The quantitative estimate of drug-likeness (QED) is 0.755. The number of nitrogens with zero attached hydrogens (tertiary/aromatic N) is 1. The van der Waals surface area contributed by atoms with Crippen LogP contribution in [-0.4, -0.2) is 12.0 Å². The van der Waals surface area contributed by atoms with Crippen molar-refractivity contribution >= 4 is 28.2 Å². The Morgan fingerprint density at radius 1 is 1.05 bits per heavy atom. The summed E-state index contributed by atoms with van der Waals surface area (Å²) in [5.74, 6) is 1.55. The molecule has 3 nitrogen and oxygen atoms in total. The van der Waals surface area contributed by atoms with Crippen molar-refractivity contribution in [2.45, 2.75) is 0 Å². The summed E-state index contributed by atoms with van der Waals surface area (Å²) in [4.78, 5) is 4.30. The van der Waals surface area contributed by atoms with Gasteiger partial charge in [0.15, 0.2) is 0 Å². The number of rotatable bonds is 3. The van der Waals surface area contributed by atoms with Crippen molar-refractivity contribution in [3.63, 3.8) is 0 Å². The molecule has 0 bridgehead atoms. The van der Waals surface area contributed by atoms with E-state index in [0.717, 1.165) is 28.1 Å². The van der Waals surface area contributed by atoms with Gasteiger partial charge in [-0.2, -0.15) is 0 Å². The molecule has 0 aliphatic carbocycles. The van der Waals surface area contributed by atoms with Gasteiger partial charge < -0.3 is 10.1 Å². The Labute approximate surface area is 122 Å². The second kappa shape index (κ2) is 5.39. The number of nitrogens with one attached hydrogen (secondary N) is 1. The summed E-state index contributed by atoms with van der Waals surface area (Å²) < 4.78 is 5.92. The fourth-order valence-electron chi connectivity index (χ4n) is 2.00. The van der Waals surface area contributed by atoms with Gasteiger partial charge in [0.1, 0.15) is 11.5 Å². The first kappa shape index (κ1) is 12.8. The van der Waals surface area contributed by atoms with Gasteiger partial charge in [-0.25, -0.2) is 0 Å². The molecule has 0 unspecified atom stereocenters. The minimum Gasteiger partial charge on any atom is -0.457 e. The molecular weight excluding hydrogens is 272 g/mol. The first-order valence-electron chi connectivity index (χ1n) is 6.26. The summed E-state index contributed by atoms with van der Waals surface area (Å²) in [5.41, 5.74) is 1.87. The number of anilines is 1. The minimum atomic E-state index is 0.667. The first-order chi connectivity index (χ1) is 9.76. The molecule has 2 aromatic carbocycles. The molecule has 0 amide bonds. The number of benzene rings is 2. The van der Waals surface area contributed by atoms with Crippen molar-refractivity contribution in [2.75, 3.05) is 12.4 Å². The number of hydrogen-bond acceptors (Lipinski definition) is 3. The molecule has 0 spiro atoms. The van der Waals surface area contributed by atoms with E-state index in [-0.39, 0.29) is 0 Å². The van der Waals surface area contributed by atoms with E-state index in [4.69, 9.17) is 16.3 Å². The Balaban J connectivity index is 1.97. The number of pyridine rings is 1. The van der Waals surface area contributed by atoms with E-state index in [1.807, 2.05) is 55.6 Å². The van der Waals surface area contributed by atoms with Crippen LogP contribution in [0.5, 0.6) is 11.5 Å². The van der Waals surface area contributed by atoms with E-state index in [0.29, 0.717) is 5.02 Å². The fraction of sp³-hybridized carbons (Fsp3) is 0.0625. The van der Waals surface area contributed by atoms with Crippen molar-refractivity contribution in [1.82, 2.24) is 4.98 Å². The van der Waals surface area contributed by atoms with Crippen molar-refractivity contribution in [3.05, 3.63) is 59.8 Å². The van der Waals surface area contributed by atoms with E-state index in [9.17, 15) is 0 Å². The standard InChI is InChI=1S/C16H13ClN2O/c1-18-12-3-5-13(6-4-12)20-16-8-9-19-15-10-11(17)2-7-14(15)16/h2-10,18H,1H3. The molecule has 1 heterocycles. The highest BCUT2D eigenvalue weighted by Gasteiger charge is 2.05. The van der Waals surface area contributed by atoms with Crippen LogP contribution in [0, 0.1) is 0 Å². The maximum absolute atomic E-state index is 5.98. The Kier molecular flexibility index (Phi) is 3.44. The van der Waals surface area contributed by atoms with E-state index in [2.05, 4.69) is 10.3 Å². The van der Waals surface area contributed by atoms with Crippen LogP contribution in [0.2, 0.25) is 5.02 Å². The van der Waals surface area contributed by atoms with Crippen LogP contribution in [-0.2, 0) is 0 Å². The highest BCUT2D eigenvalue weighted by Crippen LogP contribution is 2.30. The third kappa shape index (κ3) is 2.53. The Hall–Kier alpha value is -2.26. The lowest BCUT2D eigenvalue weighted by Crippen LogP contribution is -1.89. The summed E-state index contributed by atoms with van der Waals surface area (Å²) in [6.07, 6.45) is 1.72. The van der Waals surface area contributed by atoms with Crippen LogP contribution in [0.3, 0.4) is 0 Å². The number of ether oxygens (including phenoxy) is 1. The van der Waals surface area contributed by atoms with Gasteiger partial charge in [0.25, 0.3) is 0 Å². The van der Waals surface area contributed by atoms with Gasteiger partial charge >= 0.3 is 0 Å². The zero-order valence-electron chi connectivity index (χ0n) is 10.9. The highest BCUT2D eigenvalue weighted by molar-refractivity contribution is 6.31. The average Bonchev–Trinajstić information content (AvgIpc) is 2.48. The molecule has 3 aromatic rings. The number of halogens is 1. The normalized spacial score (nSPS) is 10.5. The summed E-state index contributed by atoms with van der Waals surface area (Å²) in [7, 11) is 1.88. The van der Waals surface area contributed by atoms with Crippen molar-refractivity contribution in [3.8, 4) is 11.5 Å². The lowest BCUT2D eigenvalue weighted by atomic mass is 10.2. The molecule has 100 valence electrons. The zero-order valence-corrected chi connectivity index (χ0v) is 11.7. The van der Waals surface area contributed by atoms with Gasteiger partial charge in [-0.05, 0) is 48.5 Å². The number of aromatic nitrogens is 1. The molecule has 0 radical (unpaired) electrons. The summed E-state index contributed by atoms with van der Waals surface area (Å²) in [5, 5.41) is 4.68. The molecule has 0 saturated heterocycles. The van der Waals surface area contributed by atoms with Crippen LogP contribution in [0.25, 0.3) is 10.9 Å². The predicted octanol–water partition coefficient (Wildman–Crippen LogP) is 4.72. The van der Waals surface area contributed by atoms with Crippen LogP contribution in [0.4, 0.5) is 5.69 Å². The predicted molar refractivity (Wildman–Crippen MR) is 82.8 cm³/mol. The van der Waals surface area contributed by atoms with Gasteiger partial charge in [0.2, 0.25) is 0 Å². The molecule has 0 aliphatic rings. The third-order valence-electron chi connectivity index (χ3n) is 3.04. The monoisotopic (exact) mass is 284 g/mol. The topological polar surface area (TPSA) is 34.1 Å². The van der Waals surface area contributed by atoms with Gasteiger partial charge in [-0.15, -0.1) is 0 Å². The van der Waals surface area contributed by atoms with Gasteiger partial charge in [-0.1, -0.05) is 11.6 Å². The molecule has 0 saturated carbocycles. The molecule has 0 fully saturated rings. The molecule has 20 heavy (non-hydrogen) atoms. The second-order valence-corrected chi connectivity index (χ2v) is 4.78. The summed E-state index contributed by atoms with van der Waals surface area (Å²) in [6, 6.07) is 15.2. The Morgan fingerprint density at radius 3 is 2.60 bits per heavy atom. The molecule has 0 aliphatic heterocycles. The Bertz CT molecular complexity index is 741. The molecule has 4 heteroatoms. The summed E-state index contributed by atoms with van der Waals surface area (Å²) in [6.45, 7) is 0. The second-order valence-electron chi connectivity index (χ2n) is 4.35. The minimum absolute atomic E-state index is 0.667. The molecule has 1 N–H and O–H groups in total. The number of hydrogen-bond donors (Lipinski definition) is 1. The largest absolute Gasteiger partial charge is 0.457 e. The van der Waals surface area contributed by atoms with Crippen molar-refractivity contribution in [1.29, 1.82) is 0 Å².